The summed E-state index contributed by atoms with van der Waals surface area (Å²) < 4.78 is 31.2. The van der Waals surface area contributed by atoms with Gasteiger partial charge in [-0.15, -0.1) is 0 Å². The number of anilines is 1. The first-order valence-corrected chi connectivity index (χ1v) is 10.6. The molecule has 0 N–H and O–H groups in total. The summed E-state index contributed by atoms with van der Waals surface area (Å²) in [7, 11) is 0. The summed E-state index contributed by atoms with van der Waals surface area (Å²) in [6, 6.07) is 11.5. The van der Waals surface area contributed by atoms with Crippen LogP contribution >= 0.6 is 0 Å². The standard InChI is InChI=1S/C21H28N2O4S/c1-15-9-10-19(18-8-6-5-7-17(15)18)23(28(25)26)16-11-13-22(14-12-16)20(24)27-21(2,3)4/h5-10,16H,11-14H2,1-4H3,(H,25,26)/p-1. The summed E-state index contributed by atoms with van der Waals surface area (Å²) in [5.74, 6) is 0. The van der Waals surface area contributed by atoms with Gasteiger partial charge in [0.15, 0.2) is 0 Å². The highest BCUT2D eigenvalue weighted by molar-refractivity contribution is 7.80. The van der Waals surface area contributed by atoms with Gasteiger partial charge in [-0.2, -0.15) is 0 Å². The minimum atomic E-state index is -2.40. The van der Waals surface area contributed by atoms with E-state index in [9.17, 15) is 13.6 Å². The van der Waals surface area contributed by atoms with Crippen molar-refractivity contribution in [2.75, 3.05) is 17.4 Å². The number of ether oxygens (including phenoxy) is 1. The number of aryl methyl sites for hydroxylation is 1. The minimum absolute atomic E-state index is 0.192. The van der Waals surface area contributed by atoms with Crippen LogP contribution in [0.3, 0.4) is 0 Å². The van der Waals surface area contributed by atoms with Gasteiger partial charge in [0.1, 0.15) is 5.60 Å². The molecule has 28 heavy (non-hydrogen) atoms. The summed E-state index contributed by atoms with van der Waals surface area (Å²) in [6.07, 6.45) is 0.784. The number of benzene rings is 2. The van der Waals surface area contributed by atoms with Crippen LogP contribution < -0.4 is 4.31 Å². The third kappa shape index (κ3) is 4.47. The fourth-order valence-corrected chi connectivity index (χ4v) is 4.41. The molecule has 0 radical (unpaired) electrons. The Balaban J connectivity index is 1.82. The number of carbonyl (C=O) groups excluding carboxylic acids is 1. The third-order valence-electron chi connectivity index (χ3n) is 4.96. The SMILES string of the molecule is Cc1ccc(N(C2CCN(C(=O)OC(C)(C)C)CC2)S(=O)[O-])c2ccccc12. The number of hydrogen-bond donors (Lipinski definition) is 0. The van der Waals surface area contributed by atoms with Crippen molar-refractivity contribution in [2.45, 2.75) is 52.2 Å². The first-order chi connectivity index (χ1) is 13.2. The molecule has 2 aromatic carbocycles. The largest absolute Gasteiger partial charge is 0.755 e. The minimum Gasteiger partial charge on any atom is -0.755 e. The number of likely N-dealkylation sites (tertiary alicyclic amines) is 1. The van der Waals surface area contributed by atoms with E-state index in [0.29, 0.717) is 31.6 Å². The first kappa shape index (κ1) is 20.6. The molecule has 152 valence electrons. The third-order valence-corrected chi connectivity index (χ3v) is 5.78. The van der Waals surface area contributed by atoms with E-state index in [-0.39, 0.29) is 12.1 Å². The van der Waals surface area contributed by atoms with Crippen LogP contribution in [0, 0.1) is 6.92 Å². The highest BCUT2D eigenvalue weighted by Gasteiger charge is 2.30. The quantitative estimate of drug-likeness (QED) is 0.722. The molecule has 1 atom stereocenters. The number of nitrogens with zero attached hydrogens (tertiary/aromatic N) is 2. The van der Waals surface area contributed by atoms with Gasteiger partial charge >= 0.3 is 6.09 Å². The van der Waals surface area contributed by atoms with Crippen molar-refractivity contribution >= 4 is 33.8 Å². The van der Waals surface area contributed by atoms with E-state index in [1.54, 1.807) is 4.90 Å². The van der Waals surface area contributed by atoms with E-state index in [0.717, 1.165) is 16.3 Å². The molecule has 7 heteroatoms. The summed E-state index contributed by atoms with van der Waals surface area (Å²) in [5, 5.41) is 1.96. The lowest BCUT2D eigenvalue weighted by Gasteiger charge is -2.40. The van der Waals surface area contributed by atoms with Gasteiger partial charge in [0.2, 0.25) is 0 Å². The van der Waals surface area contributed by atoms with Crippen molar-refractivity contribution in [3.8, 4) is 0 Å². The van der Waals surface area contributed by atoms with Gasteiger partial charge in [-0.05, 0) is 57.6 Å². The molecular formula is C21H27N2O4S-. The number of rotatable bonds is 3. The molecule has 1 fully saturated rings. The van der Waals surface area contributed by atoms with Gasteiger partial charge in [-0.1, -0.05) is 30.3 Å². The molecule has 1 amide bonds. The molecule has 1 unspecified atom stereocenters. The van der Waals surface area contributed by atoms with Gasteiger partial charge in [-0.25, -0.2) is 4.79 Å². The Bertz CT molecular complexity index is 886. The van der Waals surface area contributed by atoms with Gasteiger partial charge in [0.25, 0.3) is 0 Å². The Morgan fingerprint density at radius 1 is 1.14 bits per heavy atom. The normalized spacial score (nSPS) is 16.8. The van der Waals surface area contributed by atoms with Crippen molar-refractivity contribution in [2.24, 2.45) is 0 Å². The fraction of sp³-hybridized carbons (Fsp3) is 0.476. The molecule has 0 aromatic heterocycles. The van der Waals surface area contributed by atoms with Gasteiger partial charge in [-0.3, -0.25) is 8.51 Å². The molecule has 0 saturated carbocycles. The highest BCUT2D eigenvalue weighted by Crippen LogP contribution is 2.33. The van der Waals surface area contributed by atoms with E-state index in [4.69, 9.17) is 4.74 Å². The molecule has 0 bridgehead atoms. The summed E-state index contributed by atoms with van der Waals surface area (Å²) in [4.78, 5) is 13.9. The van der Waals surface area contributed by atoms with Crippen LogP contribution in [-0.2, 0) is 16.0 Å². The van der Waals surface area contributed by atoms with Crippen LogP contribution in [0.25, 0.3) is 10.8 Å². The average molecular weight is 404 g/mol. The number of amides is 1. The van der Waals surface area contributed by atoms with Crippen molar-refractivity contribution in [3.05, 3.63) is 42.0 Å². The number of carbonyl (C=O) groups is 1. The topological polar surface area (TPSA) is 72.9 Å². The Hall–Kier alpha value is -2.12. The average Bonchev–Trinajstić information content (AvgIpc) is 2.63. The molecule has 1 aliphatic heterocycles. The second-order valence-electron chi connectivity index (χ2n) is 8.19. The van der Waals surface area contributed by atoms with Crippen LogP contribution in [0.1, 0.15) is 39.2 Å². The van der Waals surface area contributed by atoms with Crippen LogP contribution in [-0.4, -0.2) is 44.5 Å². The Morgan fingerprint density at radius 3 is 2.32 bits per heavy atom. The zero-order chi connectivity index (χ0) is 20.5. The molecule has 0 spiro atoms. The predicted octanol–water partition coefficient (Wildman–Crippen LogP) is 4.15. The maximum atomic E-state index is 12.3. The number of fused-ring (bicyclic) bond motifs is 1. The summed E-state index contributed by atoms with van der Waals surface area (Å²) >= 11 is -2.40. The van der Waals surface area contributed by atoms with E-state index in [2.05, 4.69) is 0 Å². The van der Waals surface area contributed by atoms with Crippen molar-refractivity contribution < 1.29 is 18.3 Å². The molecule has 1 heterocycles. The molecule has 0 aliphatic carbocycles. The number of piperidine rings is 1. The van der Waals surface area contributed by atoms with Gasteiger partial charge < -0.3 is 14.2 Å². The molecule has 3 rings (SSSR count). The van der Waals surface area contributed by atoms with Gasteiger partial charge in [0, 0.05) is 35.8 Å². The van der Waals surface area contributed by atoms with E-state index < -0.39 is 16.9 Å². The van der Waals surface area contributed by atoms with E-state index in [1.165, 1.54) is 4.31 Å². The molecule has 6 nitrogen and oxygen atoms in total. The maximum absolute atomic E-state index is 12.3. The lowest BCUT2D eigenvalue weighted by atomic mass is 10.0. The molecule has 2 aromatic rings. The molecule has 1 aliphatic rings. The summed E-state index contributed by atoms with van der Waals surface area (Å²) in [5.41, 5.74) is 1.25. The van der Waals surface area contributed by atoms with Crippen molar-refractivity contribution in [1.82, 2.24) is 4.90 Å². The molecular weight excluding hydrogens is 376 g/mol. The smallest absolute Gasteiger partial charge is 0.410 e. The second kappa shape index (κ2) is 8.09. The van der Waals surface area contributed by atoms with E-state index >= 15 is 0 Å². The zero-order valence-electron chi connectivity index (χ0n) is 16.8. The van der Waals surface area contributed by atoms with Gasteiger partial charge in [0.05, 0.1) is 5.69 Å². The van der Waals surface area contributed by atoms with Crippen LogP contribution in [0.5, 0.6) is 0 Å². The zero-order valence-corrected chi connectivity index (χ0v) is 17.6. The maximum Gasteiger partial charge on any atom is 0.410 e. The Morgan fingerprint density at radius 2 is 1.75 bits per heavy atom. The van der Waals surface area contributed by atoms with Crippen molar-refractivity contribution in [3.63, 3.8) is 0 Å². The fourth-order valence-electron chi connectivity index (χ4n) is 3.63. The lowest BCUT2D eigenvalue weighted by molar-refractivity contribution is 0.0208. The van der Waals surface area contributed by atoms with Crippen LogP contribution in [0.2, 0.25) is 0 Å². The first-order valence-electron chi connectivity index (χ1n) is 9.52. The van der Waals surface area contributed by atoms with Crippen LogP contribution in [0.15, 0.2) is 36.4 Å². The number of hydrogen-bond acceptors (Lipinski definition) is 4. The Kier molecular flexibility index (Phi) is 5.95. The predicted molar refractivity (Wildman–Crippen MR) is 111 cm³/mol. The lowest BCUT2D eigenvalue weighted by Crippen LogP contribution is -2.48. The van der Waals surface area contributed by atoms with Crippen molar-refractivity contribution in [1.29, 1.82) is 0 Å². The van der Waals surface area contributed by atoms with Crippen LogP contribution in [0.4, 0.5) is 10.5 Å². The van der Waals surface area contributed by atoms with E-state index in [1.807, 2.05) is 64.1 Å². The molecule has 1 saturated heterocycles. The second-order valence-corrected chi connectivity index (χ2v) is 9.02. The Labute approximate surface area is 168 Å². The highest BCUT2D eigenvalue weighted by atomic mass is 32.2. The summed E-state index contributed by atoms with van der Waals surface area (Å²) in [6.45, 7) is 8.46. The monoisotopic (exact) mass is 403 g/mol.